The molecule has 0 bridgehead atoms. The third kappa shape index (κ3) is 2.11. The Labute approximate surface area is 82.3 Å². The minimum absolute atomic E-state index is 0.585. The second kappa shape index (κ2) is 4.76. The maximum Gasteiger partial charge on any atom is 0.339 e. The molecule has 0 amide bonds. The fourth-order valence-electron chi connectivity index (χ4n) is 1.33. The lowest BCUT2D eigenvalue weighted by atomic mass is 10.2. The largest absolute Gasteiger partial charge is 0.479 e. The normalized spacial score (nSPS) is 12.7. The molecule has 5 heteroatoms. The molecule has 14 heavy (non-hydrogen) atoms. The van der Waals surface area contributed by atoms with Crippen molar-refractivity contribution in [2.45, 2.75) is 26.0 Å². The van der Waals surface area contributed by atoms with Crippen molar-refractivity contribution in [1.29, 1.82) is 0 Å². The Morgan fingerprint density at radius 3 is 3.00 bits per heavy atom. The molecule has 1 N–H and O–H groups in total. The number of aromatic nitrogens is 2. The van der Waals surface area contributed by atoms with Crippen molar-refractivity contribution >= 4 is 5.97 Å². The van der Waals surface area contributed by atoms with Crippen LogP contribution in [0.4, 0.5) is 0 Å². The molecular weight excluding hydrogens is 184 g/mol. The van der Waals surface area contributed by atoms with Crippen molar-refractivity contribution < 1.29 is 14.6 Å². The van der Waals surface area contributed by atoms with E-state index in [1.807, 2.05) is 6.92 Å². The summed E-state index contributed by atoms with van der Waals surface area (Å²) in [6.07, 6.45) is 3.15. The van der Waals surface area contributed by atoms with Crippen LogP contribution in [-0.4, -0.2) is 27.7 Å². The first kappa shape index (κ1) is 10.7. The quantitative estimate of drug-likeness (QED) is 0.768. The number of methoxy groups -OCH3 is 1. The van der Waals surface area contributed by atoms with Crippen LogP contribution in [0.15, 0.2) is 12.5 Å². The standard InChI is InChI=1S/C9H14N2O3/c1-3-4-11-6-10-5-7(11)8(14-2)9(12)13/h5-6,8H,3-4H2,1-2H3,(H,12,13). The number of ether oxygens (including phenoxy) is 1. The SMILES string of the molecule is CCCn1cncc1C(OC)C(=O)O. The van der Waals surface area contributed by atoms with E-state index in [1.165, 1.54) is 13.3 Å². The van der Waals surface area contributed by atoms with Gasteiger partial charge >= 0.3 is 5.97 Å². The second-order valence-electron chi connectivity index (χ2n) is 2.97. The molecule has 1 rings (SSSR count). The van der Waals surface area contributed by atoms with Gasteiger partial charge in [-0.3, -0.25) is 0 Å². The lowest BCUT2D eigenvalue weighted by Crippen LogP contribution is -2.17. The predicted octanol–water partition coefficient (Wildman–Crippen LogP) is 1.07. The van der Waals surface area contributed by atoms with Gasteiger partial charge in [0.2, 0.25) is 0 Å². The molecule has 0 aliphatic rings. The molecule has 1 aromatic heterocycles. The summed E-state index contributed by atoms with van der Waals surface area (Å²) in [4.78, 5) is 14.7. The van der Waals surface area contributed by atoms with E-state index >= 15 is 0 Å². The van der Waals surface area contributed by atoms with Crippen LogP contribution in [0, 0.1) is 0 Å². The Balaban J connectivity index is 2.91. The summed E-state index contributed by atoms with van der Waals surface area (Å²) >= 11 is 0. The maximum atomic E-state index is 10.8. The third-order valence-electron chi connectivity index (χ3n) is 1.94. The second-order valence-corrected chi connectivity index (χ2v) is 2.97. The van der Waals surface area contributed by atoms with Crippen LogP contribution >= 0.6 is 0 Å². The van der Waals surface area contributed by atoms with Crippen molar-refractivity contribution in [2.24, 2.45) is 0 Å². The minimum atomic E-state index is -0.995. The Morgan fingerprint density at radius 2 is 2.50 bits per heavy atom. The van der Waals surface area contributed by atoms with Gasteiger partial charge in [-0.1, -0.05) is 6.92 Å². The summed E-state index contributed by atoms with van der Waals surface area (Å²) in [6, 6.07) is 0. The molecule has 1 unspecified atom stereocenters. The molecule has 0 aromatic carbocycles. The van der Waals surface area contributed by atoms with E-state index in [0.29, 0.717) is 5.69 Å². The van der Waals surface area contributed by atoms with Gasteiger partial charge in [0.05, 0.1) is 18.2 Å². The molecule has 78 valence electrons. The summed E-state index contributed by atoms with van der Waals surface area (Å²) in [5.74, 6) is -0.995. The highest BCUT2D eigenvalue weighted by atomic mass is 16.5. The summed E-state index contributed by atoms with van der Waals surface area (Å²) < 4.78 is 6.68. The van der Waals surface area contributed by atoms with Crippen molar-refractivity contribution in [2.75, 3.05) is 7.11 Å². The molecular formula is C9H14N2O3. The number of nitrogens with zero attached hydrogens (tertiary/aromatic N) is 2. The number of hydrogen-bond acceptors (Lipinski definition) is 3. The Bertz CT molecular complexity index is 309. The number of aryl methyl sites for hydroxylation is 1. The smallest absolute Gasteiger partial charge is 0.339 e. The predicted molar refractivity (Wildman–Crippen MR) is 49.9 cm³/mol. The van der Waals surface area contributed by atoms with E-state index in [-0.39, 0.29) is 0 Å². The summed E-state index contributed by atoms with van der Waals surface area (Å²) in [6.45, 7) is 2.77. The van der Waals surface area contributed by atoms with Gasteiger partial charge in [0.25, 0.3) is 0 Å². The highest BCUT2D eigenvalue weighted by Crippen LogP contribution is 2.16. The van der Waals surface area contributed by atoms with Gasteiger partial charge in [-0.2, -0.15) is 0 Å². The molecule has 1 aromatic rings. The fourth-order valence-corrected chi connectivity index (χ4v) is 1.33. The summed E-state index contributed by atoms with van der Waals surface area (Å²) in [5.41, 5.74) is 0.585. The summed E-state index contributed by atoms with van der Waals surface area (Å²) in [7, 11) is 1.38. The van der Waals surface area contributed by atoms with E-state index < -0.39 is 12.1 Å². The minimum Gasteiger partial charge on any atom is -0.479 e. The number of rotatable bonds is 5. The first-order chi connectivity index (χ1) is 6.70. The first-order valence-electron chi connectivity index (χ1n) is 4.46. The molecule has 1 atom stereocenters. The van der Waals surface area contributed by atoms with E-state index in [9.17, 15) is 4.79 Å². The monoisotopic (exact) mass is 198 g/mol. The number of carboxylic acid groups (broad SMARTS) is 1. The molecule has 0 fully saturated rings. The zero-order valence-electron chi connectivity index (χ0n) is 8.30. The summed E-state index contributed by atoms with van der Waals surface area (Å²) in [5, 5.41) is 8.87. The Morgan fingerprint density at radius 1 is 1.79 bits per heavy atom. The number of hydrogen-bond donors (Lipinski definition) is 1. The number of imidazole rings is 1. The van der Waals surface area contributed by atoms with Gasteiger partial charge in [-0.15, -0.1) is 0 Å². The van der Waals surface area contributed by atoms with Crippen LogP contribution in [0.5, 0.6) is 0 Å². The van der Waals surface area contributed by atoms with Crippen LogP contribution in [0.2, 0.25) is 0 Å². The molecule has 0 radical (unpaired) electrons. The van der Waals surface area contributed by atoms with E-state index in [0.717, 1.165) is 13.0 Å². The number of aliphatic carboxylic acids is 1. The number of carboxylic acids is 1. The van der Waals surface area contributed by atoms with Crippen LogP contribution in [0.3, 0.4) is 0 Å². The van der Waals surface area contributed by atoms with Crippen LogP contribution in [0.1, 0.15) is 25.1 Å². The first-order valence-corrected chi connectivity index (χ1v) is 4.46. The maximum absolute atomic E-state index is 10.8. The van der Waals surface area contributed by atoms with Crippen molar-refractivity contribution in [1.82, 2.24) is 9.55 Å². The molecule has 1 heterocycles. The molecule has 0 saturated heterocycles. The molecule has 0 spiro atoms. The van der Waals surface area contributed by atoms with E-state index in [2.05, 4.69) is 4.98 Å². The zero-order chi connectivity index (χ0) is 10.6. The molecule has 5 nitrogen and oxygen atoms in total. The van der Waals surface area contributed by atoms with Crippen LogP contribution < -0.4 is 0 Å². The highest BCUT2D eigenvalue weighted by Gasteiger charge is 2.22. The average Bonchev–Trinajstić information content (AvgIpc) is 2.55. The molecule has 0 aliphatic heterocycles. The topological polar surface area (TPSA) is 64.4 Å². The Kier molecular flexibility index (Phi) is 3.64. The van der Waals surface area contributed by atoms with E-state index in [4.69, 9.17) is 9.84 Å². The highest BCUT2D eigenvalue weighted by molar-refractivity contribution is 5.73. The van der Waals surface area contributed by atoms with Crippen LogP contribution in [0.25, 0.3) is 0 Å². The fraction of sp³-hybridized carbons (Fsp3) is 0.556. The van der Waals surface area contributed by atoms with Crippen molar-refractivity contribution in [3.8, 4) is 0 Å². The average molecular weight is 198 g/mol. The number of carbonyl (C=O) groups is 1. The molecule has 0 saturated carbocycles. The van der Waals surface area contributed by atoms with Gasteiger partial charge in [-0.25, -0.2) is 9.78 Å². The van der Waals surface area contributed by atoms with E-state index in [1.54, 1.807) is 10.9 Å². The lowest BCUT2D eigenvalue weighted by Gasteiger charge is -2.12. The van der Waals surface area contributed by atoms with Crippen LogP contribution in [-0.2, 0) is 16.1 Å². The molecule has 0 aliphatic carbocycles. The van der Waals surface area contributed by atoms with Gasteiger partial charge in [0.1, 0.15) is 0 Å². The lowest BCUT2D eigenvalue weighted by molar-refractivity contribution is -0.149. The van der Waals surface area contributed by atoms with Gasteiger partial charge in [0, 0.05) is 13.7 Å². The van der Waals surface area contributed by atoms with Crippen molar-refractivity contribution in [3.63, 3.8) is 0 Å². The van der Waals surface area contributed by atoms with Gasteiger partial charge in [0.15, 0.2) is 6.10 Å². The third-order valence-corrected chi connectivity index (χ3v) is 1.94. The van der Waals surface area contributed by atoms with Crippen molar-refractivity contribution in [3.05, 3.63) is 18.2 Å². The van der Waals surface area contributed by atoms with Gasteiger partial charge in [-0.05, 0) is 6.42 Å². The Hall–Kier alpha value is -1.36. The van der Waals surface area contributed by atoms with Gasteiger partial charge < -0.3 is 14.4 Å². The zero-order valence-corrected chi connectivity index (χ0v) is 8.30.